The van der Waals surface area contributed by atoms with Gasteiger partial charge in [0.2, 0.25) is 11.8 Å². The highest BCUT2D eigenvalue weighted by molar-refractivity contribution is 5.91. The minimum Gasteiger partial charge on any atom is -0.466 e. The number of ether oxygens (including phenoxy) is 1. The summed E-state index contributed by atoms with van der Waals surface area (Å²) in [5.41, 5.74) is 1.02. The Labute approximate surface area is 154 Å². The number of rotatable bonds is 5. The summed E-state index contributed by atoms with van der Waals surface area (Å²) in [6.45, 7) is 3.62. The zero-order valence-electron chi connectivity index (χ0n) is 15.2. The van der Waals surface area contributed by atoms with E-state index < -0.39 is 6.04 Å². The summed E-state index contributed by atoms with van der Waals surface area (Å²) in [5, 5.41) is 0. The fourth-order valence-corrected chi connectivity index (χ4v) is 3.81. The first-order valence-electron chi connectivity index (χ1n) is 9.39. The highest BCUT2D eigenvalue weighted by Gasteiger charge is 2.40. The molecular formula is C20H26N2O4. The lowest BCUT2D eigenvalue weighted by Crippen LogP contribution is -2.50. The third-order valence-electron chi connectivity index (χ3n) is 5.16. The molecule has 0 radical (unpaired) electrons. The number of nitrogens with zero attached hydrogens (tertiary/aromatic N) is 2. The standard InChI is InChI=1S/C20H26N2O4/c1-2-26-20(25)16-9-6-12-21(14-16)19(24)17-10-11-18(23)22(17)13-15-7-4-3-5-8-15/h3-5,7-8,16-17H,2,6,9-14H2,1H3. The average Bonchev–Trinajstić information content (AvgIpc) is 3.03. The first-order chi connectivity index (χ1) is 12.6. The minimum atomic E-state index is -0.427. The lowest BCUT2D eigenvalue weighted by atomic mass is 9.97. The second-order valence-electron chi connectivity index (χ2n) is 6.94. The van der Waals surface area contributed by atoms with E-state index in [-0.39, 0.29) is 23.7 Å². The van der Waals surface area contributed by atoms with Gasteiger partial charge >= 0.3 is 5.97 Å². The number of likely N-dealkylation sites (tertiary alicyclic amines) is 2. The van der Waals surface area contributed by atoms with Crippen molar-refractivity contribution in [1.82, 2.24) is 9.80 Å². The van der Waals surface area contributed by atoms with Crippen LogP contribution >= 0.6 is 0 Å². The summed E-state index contributed by atoms with van der Waals surface area (Å²) < 4.78 is 5.11. The van der Waals surface area contributed by atoms with E-state index in [2.05, 4.69) is 0 Å². The molecule has 6 heteroatoms. The second kappa shape index (κ2) is 8.34. The maximum Gasteiger partial charge on any atom is 0.310 e. The number of esters is 1. The van der Waals surface area contributed by atoms with Gasteiger partial charge in [0, 0.05) is 26.1 Å². The smallest absolute Gasteiger partial charge is 0.310 e. The molecule has 2 saturated heterocycles. The number of benzene rings is 1. The van der Waals surface area contributed by atoms with Crippen LogP contribution in [0.4, 0.5) is 0 Å². The molecule has 2 atom stereocenters. The maximum absolute atomic E-state index is 13.1. The van der Waals surface area contributed by atoms with Crippen LogP contribution in [0, 0.1) is 5.92 Å². The van der Waals surface area contributed by atoms with E-state index in [0.29, 0.717) is 39.1 Å². The quantitative estimate of drug-likeness (QED) is 0.755. The second-order valence-corrected chi connectivity index (χ2v) is 6.94. The van der Waals surface area contributed by atoms with E-state index >= 15 is 0 Å². The lowest BCUT2D eigenvalue weighted by Gasteiger charge is -2.35. The molecule has 0 aromatic heterocycles. The van der Waals surface area contributed by atoms with Crippen molar-refractivity contribution in [1.29, 1.82) is 0 Å². The average molecular weight is 358 g/mol. The Morgan fingerprint density at radius 1 is 1.19 bits per heavy atom. The van der Waals surface area contributed by atoms with Gasteiger partial charge in [-0.1, -0.05) is 30.3 Å². The van der Waals surface area contributed by atoms with Gasteiger partial charge in [0.25, 0.3) is 0 Å². The van der Waals surface area contributed by atoms with Gasteiger partial charge in [0.1, 0.15) is 6.04 Å². The number of hydrogen-bond donors (Lipinski definition) is 0. The highest BCUT2D eigenvalue weighted by Crippen LogP contribution is 2.26. The molecule has 0 N–H and O–H groups in total. The van der Waals surface area contributed by atoms with Crippen LogP contribution in [0.5, 0.6) is 0 Å². The molecule has 0 aliphatic carbocycles. The largest absolute Gasteiger partial charge is 0.466 e. The predicted molar refractivity (Wildman–Crippen MR) is 96.0 cm³/mol. The van der Waals surface area contributed by atoms with Crippen molar-refractivity contribution in [3.05, 3.63) is 35.9 Å². The number of carbonyl (C=O) groups is 3. The summed E-state index contributed by atoms with van der Waals surface area (Å²) >= 11 is 0. The van der Waals surface area contributed by atoms with Crippen molar-refractivity contribution in [2.24, 2.45) is 5.92 Å². The Morgan fingerprint density at radius 2 is 1.96 bits per heavy atom. The Hall–Kier alpha value is -2.37. The van der Waals surface area contributed by atoms with Gasteiger partial charge in [0.15, 0.2) is 0 Å². The van der Waals surface area contributed by atoms with Gasteiger partial charge in [0.05, 0.1) is 12.5 Å². The molecule has 1 aromatic carbocycles. The zero-order chi connectivity index (χ0) is 18.5. The van der Waals surface area contributed by atoms with E-state index in [4.69, 9.17) is 4.74 Å². The molecule has 6 nitrogen and oxygen atoms in total. The molecule has 2 fully saturated rings. The van der Waals surface area contributed by atoms with Gasteiger partial charge < -0.3 is 14.5 Å². The van der Waals surface area contributed by atoms with Crippen molar-refractivity contribution in [2.45, 2.75) is 45.2 Å². The van der Waals surface area contributed by atoms with Crippen molar-refractivity contribution < 1.29 is 19.1 Å². The first-order valence-corrected chi connectivity index (χ1v) is 9.39. The molecule has 2 unspecified atom stereocenters. The van der Waals surface area contributed by atoms with Gasteiger partial charge in [-0.3, -0.25) is 14.4 Å². The summed E-state index contributed by atoms with van der Waals surface area (Å²) in [6.07, 6.45) is 2.48. The first kappa shape index (κ1) is 18.4. The maximum atomic E-state index is 13.1. The highest BCUT2D eigenvalue weighted by atomic mass is 16.5. The fourth-order valence-electron chi connectivity index (χ4n) is 3.81. The van der Waals surface area contributed by atoms with Crippen LogP contribution in [0.1, 0.15) is 38.2 Å². The van der Waals surface area contributed by atoms with E-state index in [9.17, 15) is 14.4 Å². The van der Waals surface area contributed by atoms with Gasteiger partial charge in [-0.05, 0) is 31.7 Å². The molecule has 3 rings (SSSR count). The number of amides is 2. The molecular weight excluding hydrogens is 332 g/mol. The summed E-state index contributed by atoms with van der Waals surface area (Å²) in [7, 11) is 0. The van der Waals surface area contributed by atoms with Crippen LogP contribution in [0.3, 0.4) is 0 Å². The van der Waals surface area contributed by atoms with E-state index in [0.717, 1.165) is 18.4 Å². The topological polar surface area (TPSA) is 66.9 Å². The van der Waals surface area contributed by atoms with Crippen LogP contribution < -0.4 is 0 Å². The molecule has 2 aliphatic rings. The molecule has 2 heterocycles. The van der Waals surface area contributed by atoms with E-state index in [1.807, 2.05) is 30.3 Å². The summed E-state index contributed by atoms with van der Waals surface area (Å²) in [5.74, 6) is -0.507. The number of carbonyl (C=O) groups excluding carboxylic acids is 3. The summed E-state index contributed by atoms with van der Waals surface area (Å²) in [6, 6.07) is 9.29. The third-order valence-corrected chi connectivity index (χ3v) is 5.16. The molecule has 0 bridgehead atoms. The van der Waals surface area contributed by atoms with Crippen LogP contribution in [0.2, 0.25) is 0 Å². The van der Waals surface area contributed by atoms with Crippen LogP contribution in [-0.4, -0.2) is 53.3 Å². The molecule has 26 heavy (non-hydrogen) atoms. The molecule has 2 aliphatic heterocycles. The minimum absolute atomic E-state index is 0.0196. The number of piperidine rings is 1. The van der Waals surface area contributed by atoms with Crippen molar-refractivity contribution in [3.63, 3.8) is 0 Å². The predicted octanol–water partition coefficient (Wildman–Crippen LogP) is 1.98. The van der Waals surface area contributed by atoms with Crippen molar-refractivity contribution in [2.75, 3.05) is 19.7 Å². The molecule has 140 valence electrons. The molecule has 0 saturated carbocycles. The third kappa shape index (κ3) is 4.06. The Bertz CT molecular complexity index is 661. The van der Waals surface area contributed by atoms with Crippen LogP contribution in [0.15, 0.2) is 30.3 Å². The molecule has 1 aromatic rings. The monoisotopic (exact) mass is 358 g/mol. The molecule has 2 amide bonds. The lowest BCUT2D eigenvalue weighted by molar-refractivity contribution is -0.152. The van der Waals surface area contributed by atoms with Crippen molar-refractivity contribution >= 4 is 17.8 Å². The Morgan fingerprint density at radius 3 is 2.69 bits per heavy atom. The van der Waals surface area contributed by atoms with E-state index in [1.165, 1.54) is 0 Å². The SMILES string of the molecule is CCOC(=O)C1CCCN(C(=O)C2CCC(=O)N2Cc2ccccc2)C1. The van der Waals surface area contributed by atoms with Crippen LogP contribution in [0.25, 0.3) is 0 Å². The summed E-state index contributed by atoms with van der Waals surface area (Å²) in [4.78, 5) is 40.8. The van der Waals surface area contributed by atoms with Crippen LogP contribution in [-0.2, 0) is 25.7 Å². The normalized spacial score (nSPS) is 23.2. The fraction of sp³-hybridized carbons (Fsp3) is 0.550. The Kier molecular flexibility index (Phi) is 5.91. The molecule has 0 spiro atoms. The van der Waals surface area contributed by atoms with E-state index in [1.54, 1.807) is 16.7 Å². The van der Waals surface area contributed by atoms with Gasteiger partial charge in [-0.2, -0.15) is 0 Å². The van der Waals surface area contributed by atoms with Gasteiger partial charge in [-0.25, -0.2) is 0 Å². The van der Waals surface area contributed by atoms with Gasteiger partial charge in [-0.15, -0.1) is 0 Å². The zero-order valence-corrected chi connectivity index (χ0v) is 15.2. The number of hydrogen-bond acceptors (Lipinski definition) is 4. The Balaban J connectivity index is 1.67. The van der Waals surface area contributed by atoms with Crippen molar-refractivity contribution in [3.8, 4) is 0 Å².